The van der Waals surface area contributed by atoms with Crippen molar-refractivity contribution in [1.29, 1.82) is 0 Å². The fourth-order valence-electron chi connectivity index (χ4n) is 0.828. The molecule has 62 valence electrons. The summed E-state index contributed by atoms with van der Waals surface area (Å²) < 4.78 is 16.7. The standard InChI is InChI=1S/C7H16FNO/c1-6(4-8)9-7(2)5-10-3/h6-7,9H,4-5H2,1-3H3/t6-,7?/m0/s1. The quantitative estimate of drug-likeness (QED) is 0.629. The highest BCUT2D eigenvalue weighted by Gasteiger charge is 2.04. The number of alkyl halides is 1. The zero-order valence-electron chi connectivity index (χ0n) is 6.86. The average molecular weight is 149 g/mol. The molecule has 0 aliphatic heterocycles. The molecule has 3 heteroatoms. The predicted molar refractivity (Wildman–Crippen MR) is 39.9 cm³/mol. The van der Waals surface area contributed by atoms with Gasteiger partial charge in [0.15, 0.2) is 0 Å². The van der Waals surface area contributed by atoms with Crippen LogP contribution in [0, 0.1) is 0 Å². The monoisotopic (exact) mass is 149 g/mol. The van der Waals surface area contributed by atoms with E-state index in [0.29, 0.717) is 6.61 Å². The van der Waals surface area contributed by atoms with Crippen LogP contribution in [0.4, 0.5) is 4.39 Å². The van der Waals surface area contributed by atoms with Crippen LogP contribution in [0.2, 0.25) is 0 Å². The number of halogens is 1. The van der Waals surface area contributed by atoms with E-state index >= 15 is 0 Å². The summed E-state index contributed by atoms with van der Waals surface area (Å²) in [5.41, 5.74) is 0. The molecule has 0 spiro atoms. The number of ether oxygens (including phenoxy) is 1. The van der Waals surface area contributed by atoms with Crippen LogP contribution in [0.1, 0.15) is 13.8 Å². The van der Waals surface area contributed by atoms with Gasteiger partial charge in [-0.15, -0.1) is 0 Å². The minimum Gasteiger partial charge on any atom is -0.383 e. The second-order valence-corrected chi connectivity index (χ2v) is 2.58. The van der Waals surface area contributed by atoms with Crippen molar-refractivity contribution in [2.24, 2.45) is 0 Å². The second-order valence-electron chi connectivity index (χ2n) is 2.58. The summed E-state index contributed by atoms with van der Waals surface area (Å²) in [5, 5.41) is 3.03. The first-order valence-corrected chi connectivity index (χ1v) is 3.51. The van der Waals surface area contributed by atoms with Crippen molar-refractivity contribution in [1.82, 2.24) is 5.32 Å². The van der Waals surface area contributed by atoms with Crippen LogP contribution in [0.3, 0.4) is 0 Å². The summed E-state index contributed by atoms with van der Waals surface area (Å²) >= 11 is 0. The summed E-state index contributed by atoms with van der Waals surface area (Å²) in [6, 6.07) is 0.167. The molecule has 0 radical (unpaired) electrons. The molecule has 1 N–H and O–H groups in total. The lowest BCUT2D eigenvalue weighted by molar-refractivity contribution is 0.165. The number of rotatable bonds is 5. The van der Waals surface area contributed by atoms with Crippen molar-refractivity contribution in [2.75, 3.05) is 20.4 Å². The third-order valence-electron chi connectivity index (χ3n) is 1.22. The molecule has 0 aromatic rings. The number of hydrogen-bond acceptors (Lipinski definition) is 2. The first kappa shape index (κ1) is 9.85. The fourth-order valence-corrected chi connectivity index (χ4v) is 0.828. The van der Waals surface area contributed by atoms with Crippen LogP contribution in [0.15, 0.2) is 0 Å². The van der Waals surface area contributed by atoms with Crippen molar-refractivity contribution in [3.8, 4) is 0 Å². The van der Waals surface area contributed by atoms with Crippen LogP contribution in [-0.4, -0.2) is 32.5 Å². The van der Waals surface area contributed by atoms with Gasteiger partial charge in [-0.3, -0.25) is 0 Å². The van der Waals surface area contributed by atoms with Crippen LogP contribution in [0.5, 0.6) is 0 Å². The first-order valence-electron chi connectivity index (χ1n) is 3.51. The molecule has 0 aromatic heterocycles. The van der Waals surface area contributed by atoms with Gasteiger partial charge < -0.3 is 10.1 Å². The molecule has 0 aromatic carbocycles. The van der Waals surface area contributed by atoms with Gasteiger partial charge in [0, 0.05) is 19.2 Å². The number of nitrogens with one attached hydrogen (secondary N) is 1. The molecular formula is C7H16FNO. The van der Waals surface area contributed by atoms with E-state index in [1.54, 1.807) is 7.11 Å². The number of hydrogen-bond donors (Lipinski definition) is 1. The van der Waals surface area contributed by atoms with Gasteiger partial charge in [0.2, 0.25) is 0 Å². The lowest BCUT2D eigenvalue weighted by Gasteiger charge is -2.16. The highest BCUT2D eigenvalue weighted by Crippen LogP contribution is 1.88. The molecule has 0 heterocycles. The van der Waals surface area contributed by atoms with Gasteiger partial charge in [0.1, 0.15) is 6.67 Å². The maximum absolute atomic E-state index is 11.9. The topological polar surface area (TPSA) is 21.3 Å². The minimum atomic E-state index is -0.325. The van der Waals surface area contributed by atoms with Gasteiger partial charge in [0.05, 0.1) is 6.61 Å². The molecule has 2 atom stereocenters. The van der Waals surface area contributed by atoms with E-state index in [0.717, 1.165) is 0 Å². The Hall–Kier alpha value is -0.150. The van der Waals surface area contributed by atoms with Gasteiger partial charge in [-0.05, 0) is 13.8 Å². The maximum atomic E-state index is 11.9. The predicted octanol–water partition coefficient (Wildman–Crippen LogP) is 0.969. The van der Waals surface area contributed by atoms with Crippen molar-refractivity contribution in [2.45, 2.75) is 25.9 Å². The fraction of sp³-hybridized carbons (Fsp3) is 1.00. The summed E-state index contributed by atoms with van der Waals surface area (Å²) in [6.45, 7) is 4.08. The largest absolute Gasteiger partial charge is 0.383 e. The van der Waals surface area contributed by atoms with Crippen molar-refractivity contribution in [3.05, 3.63) is 0 Å². The maximum Gasteiger partial charge on any atom is 0.104 e. The minimum absolute atomic E-state index is 0.0647. The lowest BCUT2D eigenvalue weighted by atomic mass is 10.3. The molecule has 0 fully saturated rings. The Morgan fingerprint density at radius 3 is 2.40 bits per heavy atom. The molecule has 0 saturated carbocycles. The first-order chi connectivity index (χ1) is 4.70. The smallest absolute Gasteiger partial charge is 0.104 e. The lowest BCUT2D eigenvalue weighted by Crippen LogP contribution is -2.38. The Kier molecular flexibility index (Phi) is 5.54. The van der Waals surface area contributed by atoms with Crippen LogP contribution in [-0.2, 0) is 4.74 Å². The van der Waals surface area contributed by atoms with Gasteiger partial charge in [-0.1, -0.05) is 0 Å². The molecular weight excluding hydrogens is 133 g/mol. The molecule has 0 aliphatic carbocycles. The van der Waals surface area contributed by atoms with E-state index in [-0.39, 0.29) is 18.8 Å². The molecule has 0 saturated heterocycles. The Labute approximate surface area is 61.8 Å². The summed E-state index contributed by atoms with van der Waals surface area (Å²) in [6.07, 6.45) is 0. The van der Waals surface area contributed by atoms with E-state index in [9.17, 15) is 4.39 Å². The highest BCUT2D eigenvalue weighted by molar-refractivity contribution is 4.65. The van der Waals surface area contributed by atoms with Crippen LogP contribution in [0.25, 0.3) is 0 Å². The zero-order chi connectivity index (χ0) is 7.98. The molecule has 0 bridgehead atoms. The number of methoxy groups -OCH3 is 1. The molecule has 0 aliphatic rings. The second kappa shape index (κ2) is 5.62. The third-order valence-corrected chi connectivity index (χ3v) is 1.22. The van der Waals surface area contributed by atoms with E-state index in [4.69, 9.17) is 4.74 Å². The molecule has 0 rings (SSSR count). The van der Waals surface area contributed by atoms with Crippen molar-refractivity contribution >= 4 is 0 Å². The van der Waals surface area contributed by atoms with Gasteiger partial charge in [0.25, 0.3) is 0 Å². The van der Waals surface area contributed by atoms with E-state index < -0.39 is 0 Å². The Balaban J connectivity index is 3.27. The third kappa shape index (κ3) is 4.70. The normalized spacial score (nSPS) is 16.8. The van der Waals surface area contributed by atoms with Crippen LogP contribution >= 0.6 is 0 Å². The Morgan fingerprint density at radius 1 is 1.40 bits per heavy atom. The van der Waals surface area contributed by atoms with Crippen molar-refractivity contribution < 1.29 is 9.13 Å². The summed E-state index contributed by atoms with van der Waals surface area (Å²) in [4.78, 5) is 0. The summed E-state index contributed by atoms with van der Waals surface area (Å²) in [7, 11) is 1.64. The van der Waals surface area contributed by atoms with E-state index in [1.807, 2.05) is 13.8 Å². The van der Waals surface area contributed by atoms with Gasteiger partial charge in [-0.25, -0.2) is 4.39 Å². The zero-order valence-corrected chi connectivity index (χ0v) is 6.86. The van der Waals surface area contributed by atoms with Crippen LogP contribution < -0.4 is 5.32 Å². The summed E-state index contributed by atoms with van der Waals surface area (Å²) in [5.74, 6) is 0. The highest BCUT2D eigenvalue weighted by atomic mass is 19.1. The van der Waals surface area contributed by atoms with Gasteiger partial charge >= 0.3 is 0 Å². The molecule has 1 unspecified atom stereocenters. The van der Waals surface area contributed by atoms with E-state index in [2.05, 4.69) is 5.32 Å². The Bertz CT molecular complexity index is 80.0. The van der Waals surface area contributed by atoms with Gasteiger partial charge in [-0.2, -0.15) is 0 Å². The van der Waals surface area contributed by atoms with Crippen molar-refractivity contribution in [3.63, 3.8) is 0 Å². The average Bonchev–Trinajstić information content (AvgIpc) is 1.88. The molecule has 2 nitrogen and oxygen atoms in total. The SMILES string of the molecule is COCC(C)N[C@@H](C)CF. The Morgan fingerprint density at radius 2 is 2.00 bits per heavy atom. The molecule has 0 amide bonds. The molecule has 10 heavy (non-hydrogen) atoms. The van der Waals surface area contributed by atoms with E-state index in [1.165, 1.54) is 0 Å².